The standard InChI is InChI=1S/C10H9N3O/c1-6-3-7-4-9(14-2)8(5-11)13-10(7)12-6/h3-4H,1-2H3,(H,12,13)/i1D2,2D3. The van der Waals surface area contributed by atoms with Crippen LogP contribution in [0, 0.1) is 18.2 Å². The SMILES string of the molecule is [2H]C([2H])c1cc2cc(OC([2H])([2H])[2H])c(C#N)nc2[nH]1. The van der Waals surface area contributed by atoms with Crippen LogP contribution in [0.3, 0.4) is 0 Å². The summed E-state index contributed by atoms with van der Waals surface area (Å²) < 4.78 is 40.3. The third kappa shape index (κ3) is 1.19. The zero-order chi connectivity index (χ0) is 14.2. The quantitative estimate of drug-likeness (QED) is 0.748. The van der Waals surface area contributed by atoms with E-state index >= 15 is 0 Å². The van der Waals surface area contributed by atoms with Gasteiger partial charge in [0.15, 0.2) is 11.4 Å². The van der Waals surface area contributed by atoms with Gasteiger partial charge in [0, 0.05) is 13.8 Å². The maximum absolute atomic E-state index is 8.93. The normalized spacial score (nSPS) is 16.4. The smallest absolute Gasteiger partial charge is 0.184 e. The molecule has 2 aromatic rings. The molecule has 0 saturated heterocycles. The Bertz CT molecular complexity index is 655. The van der Waals surface area contributed by atoms with Crippen molar-refractivity contribution in [3.8, 4) is 11.8 Å². The van der Waals surface area contributed by atoms with Crippen LogP contribution in [0.25, 0.3) is 11.0 Å². The molecule has 4 heteroatoms. The van der Waals surface area contributed by atoms with Gasteiger partial charge in [-0.2, -0.15) is 5.26 Å². The Morgan fingerprint density at radius 3 is 3.29 bits per heavy atom. The summed E-state index contributed by atoms with van der Waals surface area (Å²) in [6.45, 7) is -1.22. The molecule has 4 nitrogen and oxygen atoms in total. The number of hydrogen-bond acceptors (Lipinski definition) is 3. The Morgan fingerprint density at radius 2 is 2.57 bits per heavy atom. The van der Waals surface area contributed by atoms with Gasteiger partial charge in [0.05, 0.1) is 11.2 Å². The lowest BCUT2D eigenvalue weighted by Gasteiger charge is -2.00. The first-order chi connectivity index (χ1) is 8.80. The van der Waals surface area contributed by atoms with E-state index in [1.807, 2.05) is 0 Å². The van der Waals surface area contributed by atoms with Gasteiger partial charge < -0.3 is 9.72 Å². The van der Waals surface area contributed by atoms with E-state index in [1.165, 1.54) is 12.1 Å². The number of H-pyrrole nitrogens is 1. The molecule has 70 valence electrons. The van der Waals surface area contributed by atoms with Crippen molar-refractivity contribution >= 4 is 11.0 Å². The zero-order valence-electron chi connectivity index (χ0n) is 12.0. The molecule has 0 bridgehead atoms. The highest BCUT2D eigenvalue weighted by Gasteiger charge is 2.07. The van der Waals surface area contributed by atoms with Crippen molar-refractivity contribution in [2.45, 2.75) is 6.88 Å². The van der Waals surface area contributed by atoms with Crippen molar-refractivity contribution in [3.63, 3.8) is 0 Å². The van der Waals surface area contributed by atoms with Gasteiger partial charge in [0.2, 0.25) is 0 Å². The molecule has 1 N–H and O–H groups in total. The van der Waals surface area contributed by atoms with Crippen LogP contribution in [-0.4, -0.2) is 17.0 Å². The Morgan fingerprint density at radius 1 is 1.64 bits per heavy atom. The number of aromatic amines is 1. The van der Waals surface area contributed by atoms with Crippen molar-refractivity contribution in [1.29, 1.82) is 5.26 Å². The second-order valence-corrected chi connectivity index (χ2v) is 2.71. The number of pyridine rings is 1. The summed E-state index contributed by atoms with van der Waals surface area (Å²) in [5.74, 6) is -0.146. The average Bonchev–Trinajstić information content (AvgIpc) is 2.68. The van der Waals surface area contributed by atoms with E-state index in [0.29, 0.717) is 16.7 Å². The van der Waals surface area contributed by atoms with Crippen molar-refractivity contribution < 1.29 is 11.6 Å². The van der Waals surface area contributed by atoms with Crippen molar-refractivity contribution in [3.05, 3.63) is 23.5 Å². The Kier molecular flexibility index (Phi) is 0.969. The van der Waals surface area contributed by atoms with Crippen molar-refractivity contribution in [2.24, 2.45) is 0 Å². The third-order valence-corrected chi connectivity index (χ3v) is 1.81. The number of nitriles is 1. The van der Waals surface area contributed by atoms with Gasteiger partial charge >= 0.3 is 0 Å². The molecule has 0 aliphatic heterocycles. The number of rotatable bonds is 1. The molecular formula is C10H9N3O. The van der Waals surface area contributed by atoms with E-state index in [9.17, 15) is 0 Å². The molecule has 0 spiro atoms. The summed E-state index contributed by atoms with van der Waals surface area (Å²) in [6.07, 6.45) is 0. The first kappa shape index (κ1) is 4.47. The summed E-state index contributed by atoms with van der Waals surface area (Å²) in [7, 11) is -2.67. The second-order valence-electron chi connectivity index (χ2n) is 2.71. The number of fused-ring (bicyclic) bond motifs is 1. The van der Waals surface area contributed by atoms with Crippen LogP contribution < -0.4 is 4.74 Å². The second kappa shape index (κ2) is 3.04. The highest BCUT2D eigenvalue weighted by atomic mass is 16.5. The van der Waals surface area contributed by atoms with Crippen LogP contribution in [0.4, 0.5) is 0 Å². The molecule has 2 rings (SSSR count). The van der Waals surface area contributed by atoms with Crippen LogP contribution in [0.2, 0.25) is 0 Å². The van der Waals surface area contributed by atoms with E-state index in [-0.39, 0.29) is 11.4 Å². The number of methoxy groups -OCH3 is 1. The van der Waals surface area contributed by atoms with E-state index in [0.717, 1.165) is 0 Å². The summed E-state index contributed by atoms with van der Waals surface area (Å²) >= 11 is 0. The van der Waals surface area contributed by atoms with Gasteiger partial charge in [-0.05, 0) is 19.0 Å². The van der Waals surface area contributed by atoms with Gasteiger partial charge in [0.25, 0.3) is 0 Å². The van der Waals surface area contributed by atoms with E-state index in [2.05, 4.69) is 9.97 Å². The molecule has 0 unspecified atom stereocenters. The third-order valence-electron chi connectivity index (χ3n) is 1.81. The lowest BCUT2D eigenvalue weighted by molar-refractivity contribution is 0.412. The zero-order valence-corrected chi connectivity index (χ0v) is 7.03. The maximum Gasteiger partial charge on any atom is 0.184 e. The molecule has 0 aromatic carbocycles. The predicted octanol–water partition coefficient (Wildman–Crippen LogP) is 1.75. The summed E-state index contributed by atoms with van der Waals surface area (Å²) in [5.41, 5.74) is 0.454. The molecule has 0 fully saturated rings. The van der Waals surface area contributed by atoms with Gasteiger partial charge in [0.1, 0.15) is 11.7 Å². The van der Waals surface area contributed by atoms with E-state index in [1.54, 1.807) is 6.07 Å². The Hall–Kier alpha value is -2.02. The first-order valence-electron chi connectivity index (χ1n) is 6.43. The number of hydrogen-bond donors (Lipinski definition) is 1. The Labute approximate surface area is 88.2 Å². The Balaban J connectivity index is 2.55. The number of nitrogens with one attached hydrogen (secondary N) is 1. The van der Waals surface area contributed by atoms with E-state index < -0.39 is 13.9 Å². The number of aromatic nitrogens is 2. The maximum atomic E-state index is 8.93. The van der Waals surface area contributed by atoms with Gasteiger partial charge in [-0.1, -0.05) is 0 Å². The van der Waals surface area contributed by atoms with E-state index in [4.69, 9.17) is 16.9 Å². The summed E-state index contributed by atoms with van der Waals surface area (Å²) in [5, 5.41) is 9.41. The molecule has 2 aromatic heterocycles. The number of aryl methyl sites for hydroxylation is 1. The predicted molar refractivity (Wildman–Crippen MR) is 52.1 cm³/mol. The van der Waals surface area contributed by atoms with Crippen molar-refractivity contribution in [2.75, 3.05) is 7.04 Å². The average molecular weight is 192 g/mol. The molecular weight excluding hydrogens is 178 g/mol. The summed E-state index contributed by atoms with van der Waals surface area (Å²) in [4.78, 5) is 6.65. The molecule has 2 heterocycles. The number of nitrogens with zero attached hydrogens (tertiary/aromatic N) is 2. The minimum atomic E-state index is -2.67. The lowest BCUT2D eigenvalue weighted by Crippen LogP contribution is -1.91. The fraction of sp³-hybridized carbons (Fsp3) is 0.200. The molecule has 0 amide bonds. The molecule has 0 saturated carbocycles. The van der Waals surface area contributed by atoms with Gasteiger partial charge in [-0.25, -0.2) is 4.98 Å². The highest BCUT2D eigenvalue weighted by molar-refractivity contribution is 5.79. The van der Waals surface area contributed by atoms with Gasteiger partial charge in [-0.15, -0.1) is 0 Å². The topological polar surface area (TPSA) is 61.7 Å². The minimum absolute atomic E-state index is 0.146. The fourth-order valence-corrected chi connectivity index (χ4v) is 1.22. The molecule has 0 atom stereocenters. The lowest BCUT2D eigenvalue weighted by atomic mass is 10.2. The monoisotopic (exact) mass is 192 g/mol. The van der Waals surface area contributed by atoms with Crippen molar-refractivity contribution in [1.82, 2.24) is 9.97 Å². The first-order valence-corrected chi connectivity index (χ1v) is 3.77. The molecule has 0 radical (unpaired) electrons. The fourth-order valence-electron chi connectivity index (χ4n) is 1.22. The largest absolute Gasteiger partial charge is 0.494 e. The van der Waals surface area contributed by atoms with Crippen LogP contribution >= 0.6 is 0 Å². The summed E-state index contributed by atoms with van der Waals surface area (Å²) in [6, 6.07) is 4.61. The highest BCUT2D eigenvalue weighted by Crippen LogP contribution is 2.22. The van der Waals surface area contributed by atoms with Crippen LogP contribution in [-0.2, 0) is 0 Å². The van der Waals surface area contributed by atoms with Crippen LogP contribution in [0.15, 0.2) is 12.1 Å². The van der Waals surface area contributed by atoms with Gasteiger partial charge in [-0.3, -0.25) is 0 Å². The molecule has 0 aliphatic rings. The minimum Gasteiger partial charge on any atom is -0.494 e. The van der Waals surface area contributed by atoms with Crippen LogP contribution in [0.1, 0.15) is 18.2 Å². The van der Waals surface area contributed by atoms with Crippen LogP contribution in [0.5, 0.6) is 5.75 Å². The number of ether oxygens (including phenoxy) is 1. The molecule has 14 heavy (non-hydrogen) atoms. The molecule has 0 aliphatic carbocycles.